The van der Waals surface area contributed by atoms with Crippen LogP contribution in [-0.4, -0.2) is 27.0 Å². The molecule has 1 fully saturated rings. The number of nitrogens with zero attached hydrogens (tertiary/aromatic N) is 3. The van der Waals surface area contributed by atoms with E-state index in [1.54, 1.807) is 30.9 Å². The van der Waals surface area contributed by atoms with E-state index in [4.69, 9.17) is 4.74 Å². The average molecular weight is 348 g/mol. The van der Waals surface area contributed by atoms with Crippen molar-refractivity contribution in [3.63, 3.8) is 0 Å². The molecule has 0 atom stereocenters. The highest BCUT2D eigenvalue weighted by molar-refractivity contribution is 5.94. The number of pyridine rings is 1. The highest BCUT2D eigenvalue weighted by Crippen LogP contribution is 2.29. The van der Waals surface area contributed by atoms with Gasteiger partial charge in [-0.05, 0) is 54.7 Å². The molecule has 1 N–H and O–H groups in total. The monoisotopic (exact) mass is 348 g/mol. The zero-order chi connectivity index (χ0) is 17.8. The lowest BCUT2D eigenvalue weighted by atomic mass is 10.2. The van der Waals surface area contributed by atoms with Crippen LogP contribution in [0.2, 0.25) is 0 Å². The van der Waals surface area contributed by atoms with E-state index in [2.05, 4.69) is 15.3 Å². The zero-order valence-electron chi connectivity index (χ0n) is 14.3. The van der Waals surface area contributed by atoms with Crippen LogP contribution in [0.1, 0.15) is 28.8 Å². The van der Waals surface area contributed by atoms with Crippen LogP contribution in [0, 0.1) is 5.92 Å². The second kappa shape index (κ2) is 7.39. The molecular weight excluding hydrogens is 328 g/mol. The number of imidazole rings is 1. The fraction of sp³-hybridized carbons (Fsp3) is 0.250. The van der Waals surface area contributed by atoms with Gasteiger partial charge in [0.25, 0.3) is 5.91 Å². The van der Waals surface area contributed by atoms with Crippen molar-refractivity contribution >= 4 is 5.91 Å². The molecule has 6 heteroatoms. The van der Waals surface area contributed by atoms with Gasteiger partial charge in [-0.3, -0.25) is 9.36 Å². The number of benzene rings is 1. The lowest BCUT2D eigenvalue weighted by Gasteiger charge is -2.08. The van der Waals surface area contributed by atoms with Gasteiger partial charge in [-0.2, -0.15) is 0 Å². The number of hydrogen-bond acceptors (Lipinski definition) is 4. The summed E-state index contributed by atoms with van der Waals surface area (Å²) in [5.41, 5.74) is 1.55. The van der Waals surface area contributed by atoms with E-state index in [1.165, 1.54) is 12.8 Å². The Morgan fingerprint density at radius 3 is 2.69 bits per heavy atom. The Morgan fingerprint density at radius 1 is 1.19 bits per heavy atom. The lowest BCUT2D eigenvalue weighted by molar-refractivity contribution is 0.0951. The predicted molar refractivity (Wildman–Crippen MR) is 97.2 cm³/mol. The van der Waals surface area contributed by atoms with Gasteiger partial charge in [-0.15, -0.1) is 0 Å². The number of carbonyl (C=O) groups is 1. The summed E-state index contributed by atoms with van der Waals surface area (Å²) in [4.78, 5) is 20.7. The van der Waals surface area contributed by atoms with E-state index < -0.39 is 0 Å². The van der Waals surface area contributed by atoms with Gasteiger partial charge in [0.1, 0.15) is 17.9 Å². The van der Waals surface area contributed by atoms with Gasteiger partial charge in [-0.25, -0.2) is 9.97 Å². The first kappa shape index (κ1) is 16.3. The molecule has 132 valence electrons. The first-order valence-corrected chi connectivity index (χ1v) is 8.72. The summed E-state index contributed by atoms with van der Waals surface area (Å²) < 4.78 is 7.52. The summed E-state index contributed by atoms with van der Waals surface area (Å²) in [5, 5.41) is 2.91. The Kier molecular flexibility index (Phi) is 4.64. The van der Waals surface area contributed by atoms with Gasteiger partial charge in [0, 0.05) is 30.7 Å². The standard InChI is InChI=1S/C20H20N4O2/c25-20(17-4-6-18(7-5-17)26-13-15-1-2-15)23-12-16-3-8-19(22-11-16)24-10-9-21-14-24/h3-11,14-15H,1-2,12-13H2,(H,23,25). The Balaban J connectivity index is 1.30. The van der Waals surface area contributed by atoms with Gasteiger partial charge >= 0.3 is 0 Å². The van der Waals surface area contributed by atoms with Crippen molar-refractivity contribution in [2.75, 3.05) is 6.61 Å². The van der Waals surface area contributed by atoms with Crippen molar-refractivity contribution < 1.29 is 9.53 Å². The Bertz CT molecular complexity index is 854. The molecule has 1 amide bonds. The number of ether oxygens (including phenoxy) is 1. The topological polar surface area (TPSA) is 69.0 Å². The summed E-state index contributed by atoms with van der Waals surface area (Å²) in [5.74, 6) is 2.20. The van der Waals surface area contributed by atoms with Crippen LogP contribution in [0.5, 0.6) is 5.75 Å². The maximum absolute atomic E-state index is 12.3. The highest BCUT2D eigenvalue weighted by atomic mass is 16.5. The van der Waals surface area contributed by atoms with Crippen LogP contribution in [-0.2, 0) is 6.54 Å². The van der Waals surface area contributed by atoms with Crippen LogP contribution in [0.4, 0.5) is 0 Å². The Hall–Kier alpha value is -3.15. The smallest absolute Gasteiger partial charge is 0.251 e. The predicted octanol–water partition coefficient (Wildman–Crippen LogP) is 2.99. The molecule has 1 aliphatic carbocycles. The summed E-state index contributed by atoms with van der Waals surface area (Å²) >= 11 is 0. The average Bonchev–Trinajstić information content (AvgIpc) is 3.36. The summed E-state index contributed by atoms with van der Waals surface area (Å²) in [6, 6.07) is 11.1. The van der Waals surface area contributed by atoms with Gasteiger partial charge in [0.05, 0.1) is 6.61 Å². The SMILES string of the molecule is O=C(NCc1ccc(-n2ccnc2)nc1)c1ccc(OCC2CC2)cc1. The number of hydrogen-bond donors (Lipinski definition) is 1. The molecule has 1 saturated carbocycles. The number of rotatable bonds is 7. The maximum Gasteiger partial charge on any atom is 0.251 e. The fourth-order valence-electron chi connectivity index (χ4n) is 2.55. The minimum atomic E-state index is -0.113. The van der Waals surface area contributed by atoms with Crippen LogP contribution < -0.4 is 10.1 Å². The van der Waals surface area contributed by atoms with Crippen molar-refractivity contribution in [3.05, 3.63) is 72.4 Å². The fourth-order valence-corrected chi connectivity index (χ4v) is 2.55. The largest absolute Gasteiger partial charge is 0.493 e. The minimum absolute atomic E-state index is 0.113. The quantitative estimate of drug-likeness (QED) is 0.713. The molecule has 2 aromatic heterocycles. The van der Waals surface area contributed by atoms with Crippen molar-refractivity contribution in [1.82, 2.24) is 19.9 Å². The van der Waals surface area contributed by atoms with E-state index in [0.29, 0.717) is 18.0 Å². The molecule has 4 rings (SSSR count). The van der Waals surface area contributed by atoms with Crippen molar-refractivity contribution in [3.8, 4) is 11.6 Å². The van der Waals surface area contributed by atoms with Gasteiger partial charge in [-0.1, -0.05) is 6.07 Å². The van der Waals surface area contributed by atoms with Crippen LogP contribution in [0.25, 0.3) is 5.82 Å². The molecule has 0 aliphatic heterocycles. The molecule has 0 bridgehead atoms. The molecule has 3 aromatic rings. The van der Waals surface area contributed by atoms with Crippen LogP contribution in [0.3, 0.4) is 0 Å². The third-order valence-corrected chi connectivity index (χ3v) is 4.33. The number of carbonyl (C=O) groups excluding carboxylic acids is 1. The number of aromatic nitrogens is 3. The second-order valence-corrected chi connectivity index (χ2v) is 6.46. The third kappa shape index (κ3) is 4.08. The molecular formula is C20H20N4O2. The normalized spacial score (nSPS) is 13.4. The first-order valence-electron chi connectivity index (χ1n) is 8.72. The molecule has 1 aromatic carbocycles. The van der Waals surface area contributed by atoms with Crippen molar-refractivity contribution in [2.24, 2.45) is 5.92 Å². The third-order valence-electron chi connectivity index (χ3n) is 4.33. The van der Waals surface area contributed by atoms with Gasteiger partial charge < -0.3 is 10.1 Å². The summed E-state index contributed by atoms with van der Waals surface area (Å²) in [6.45, 7) is 1.20. The number of nitrogens with one attached hydrogen (secondary N) is 1. The molecule has 0 radical (unpaired) electrons. The molecule has 0 spiro atoms. The number of amides is 1. The van der Waals surface area contributed by atoms with E-state index >= 15 is 0 Å². The van der Waals surface area contributed by atoms with Crippen LogP contribution >= 0.6 is 0 Å². The molecule has 0 saturated heterocycles. The zero-order valence-corrected chi connectivity index (χ0v) is 14.3. The van der Waals surface area contributed by atoms with E-state index in [0.717, 1.165) is 23.7 Å². The highest BCUT2D eigenvalue weighted by Gasteiger charge is 2.21. The van der Waals surface area contributed by atoms with Gasteiger partial charge in [0.2, 0.25) is 0 Å². The van der Waals surface area contributed by atoms with Gasteiger partial charge in [0.15, 0.2) is 0 Å². The molecule has 1 aliphatic rings. The van der Waals surface area contributed by atoms with E-state index in [1.807, 2.05) is 35.0 Å². The minimum Gasteiger partial charge on any atom is -0.493 e. The van der Waals surface area contributed by atoms with Crippen LogP contribution in [0.15, 0.2) is 61.3 Å². The lowest BCUT2D eigenvalue weighted by Crippen LogP contribution is -2.22. The maximum atomic E-state index is 12.3. The molecule has 26 heavy (non-hydrogen) atoms. The second-order valence-electron chi connectivity index (χ2n) is 6.46. The van der Waals surface area contributed by atoms with E-state index in [-0.39, 0.29) is 5.91 Å². The van der Waals surface area contributed by atoms with E-state index in [9.17, 15) is 4.79 Å². The van der Waals surface area contributed by atoms with Crippen molar-refractivity contribution in [2.45, 2.75) is 19.4 Å². The molecule has 2 heterocycles. The molecule has 0 unspecified atom stereocenters. The Morgan fingerprint density at radius 2 is 2.04 bits per heavy atom. The summed E-state index contributed by atoms with van der Waals surface area (Å²) in [7, 11) is 0. The summed E-state index contributed by atoms with van der Waals surface area (Å²) in [6.07, 6.45) is 9.52. The first-order chi connectivity index (χ1) is 12.8. The Labute approximate surface area is 151 Å². The molecule has 6 nitrogen and oxygen atoms in total. The van der Waals surface area contributed by atoms with Crippen molar-refractivity contribution in [1.29, 1.82) is 0 Å².